The minimum absolute atomic E-state index is 0.606. The molecular formula is C11H23N7O. The summed E-state index contributed by atoms with van der Waals surface area (Å²) in [5.41, 5.74) is 2.55. The standard InChI is InChI=1S/C11H23N7O/c1-2-19-8-4-7-14-11(17-12)13-6-3-5-10-15-9-16-18-10/h9H,2-8,12H2,1H3,(H2,13,14,17)(H,15,16,18). The predicted molar refractivity (Wildman–Crippen MR) is 73.4 cm³/mol. The molecule has 1 aromatic heterocycles. The first kappa shape index (κ1) is 15.4. The van der Waals surface area contributed by atoms with E-state index in [9.17, 15) is 0 Å². The Kier molecular flexibility index (Phi) is 8.32. The Labute approximate surface area is 113 Å². The highest BCUT2D eigenvalue weighted by Crippen LogP contribution is 1.93. The van der Waals surface area contributed by atoms with Gasteiger partial charge < -0.3 is 10.1 Å². The molecule has 0 spiro atoms. The lowest BCUT2D eigenvalue weighted by Gasteiger charge is -2.08. The van der Waals surface area contributed by atoms with Crippen LogP contribution in [-0.4, -0.2) is 47.4 Å². The molecule has 0 saturated carbocycles. The minimum atomic E-state index is 0.606. The average molecular weight is 269 g/mol. The van der Waals surface area contributed by atoms with Gasteiger partial charge in [0.2, 0.25) is 5.96 Å². The van der Waals surface area contributed by atoms with Gasteiger partial charge in [-0.1, -0.05) is 0 Å². The van der Waals surface area contributed by atoms with E-state index in [-0.39, 0.29) is 0 Å². The van der Waals surface area contributed by atoms with Crippen LogP contribution in [0.15, 0.2) is 11.3 Å². The number of aliphatic imine (C=N–C) groups is 1. The van der Waals surface area contributed by atoms with E-state index in [1.54, 1.807) is 0 Å². The summed E-state index contributed by atoms with van der Waals surface area (Å²) in [6, 6.07) is 0. The number of nitrogens with two attached hydrogens (primary N) is 1. The van der Waals surface area contributed by atoms with E-state index in [4.69, 9.17) is 10.6 Å². The number of H-pyrrole nitrogens is 1. The maximum Gasteiger partial charge on any atom is 0.205 e. The quantitative estimate of drug-likeness (QED) is 0.159. The van der Waals surface area contributed by atoms with Crippen molar-refractivity contribution < 1.29 is 4.74 Å². The molecule has 0 atom stereocenters. The van der Waals surface area contributed by atoms with Gasteiger partial charge in [0.1, 0.15) is 12.2 Å². The van der Waals surface area contributed by atoms with Crippen LogP contribution in [0.25, 0.3) is 0 Å². The highest BCUT2D eigenvalue weighted by Gasteiger charge is 1.97. The minimum Gasteiger partial charge on any atom is -0.382 e. The van der Waals surface area contributed by atoms with Gasteiger partial charge in [-0.3, -0.25) is 15.5 Å². The number of nitrogens with one attached hydrogen (secondary N) is 3. The van der Waals surface area contributed by atoms with Gasteiger partial charge in [0.25, 0.3) is 0 Å². The van der Waals surface area contributed by atoms with E-state index in [1.807, 2.05) is 6.92 Å². The molecule has 0 aliphatic rings. The molecule has 108 valence electrons. The number of aromatic amines is 1. The van der Waals surface area contributed by atoms with Crippen molar-refractivity contribution in [1.82, 2.24) is 25.9 Å². The Bertz CT molecular complexity index is 339. The number of aromatic nitrogens is 3. The second-order valence-electron chi connectivity index (χ2n) is 3.89. The molecule has 8 heteroatoms. The summed E-state index contributed by atoms with van der Waals surface area (Å²) in [6.07, 6.45) is 4.14. The Morgan fingerprint density at radius 3 is 3.11 bits per heavy atom. The van der Waals surface area contributed by atoms with Gasteiger partial charge in [-0.15, -0.1) is 0 Å². The van der Waals surface area contributed by atoms with E-state index in [0.29, 0.717) is 12.5 Å². The lowest BCUT2D eigenvalue weighted by molar-refractivity contribution is 0.145. The molecule has 0 radical (unpaired) electrons. The number of hydrazine groups is 1. The summed E-state index contributed by atoms with van der Waals surface area (Å²) < 4.78 is 5.24. The van der Waals surface area contributed by atoms with E-state index < -0.39 is 0 Å². The van der Waals surface area contributed by atoms with Crippen molar-refractivity contribution in [2.24, 2.45) is 10.8 Å². The van der Waals surface area contributed by atoms with Gasteiger partial charge in [-0.25, -0.2) is 10.8 Å². The first-order chi connectivity index (χ1) is 9.36. The topological polar surface area (TPSA) is 113 Å². The summed E-state index contributed by atoms with van der Waals surface area (Å²) in [7, 11) is 0. The highest BCUT2D eigenvalue weighted by atomic mass is 16.5. The Hall–Kier alpha value is -1.67. The van der Waals surface area contributed by atoms with E-state index in [2.05, 4.69) is 30.9 Å². The summed E-state index contributed by atoms with van der Waals surface area (Å²) in [6.45, 7) is 4.94. The summed E-state index contributed by atoms with van der Waals surface area (Å²) in [4.78, 5) is 8.37. The average Bonchev–Trinajstić information content (AvgIpc) is 2.94. The summed E-state index contributed by atoms with van der Waals surface area (Å²) in [5.74, 6) is 6.87. The first-order valence-corrected chi connectivity index (χ1v) is 6.53. The van der Waals surface area contributed by atoms with Crippen LogP contribution >= 0.6 is 0 Å². The molecule has 5 N–H and O–H groups in total. The first-order valence-electron chi connectivity index (χ1n) is 6.53. The third-order valence-electron chi connectivity index (χ3n) is 2.41. The van der Waals surface area contributed by atoms with Gasteiger partial charge in [0.15, 0.2) is 0 Å². The van der Waals surface area contributed by atoms with Crippen molar-refractivity contribution in [3.63, 3.8) is 0 Å². The molecule has 1 rings (SSSR count). The van der Waals surface area contributed by atoms with Gasteiger partial charge in [0, 0.05) is 32.7 Å². The largest absolute Gasteiger partial charge is 0.382 e. The molecule has 1 aromatic rings. The molecule has 19 heavy (non-hydrogen) atoms. The number of hydrogen-bond donors (Lipinski definition) is 4. The zero-order chi connectivity index (χ0) is 13.8. The van der Waals surface area contributed by atoms with Gasteiger partial charge >= 0.3 is 0 Å². The maximum atomic E-state index is 5.39. The molecule has 0 saturated heterocycles. The fourth-order valence-corrected chi connectivity index (χ4v) is 1.47. The number of nitrogens with zero attached hydrogens (tertiary/aromatic N) is 3. The van der Waals surface area contributed by atoms with Crippen LogP contribution in [-0.2, 0) is 11.2 Å². The molecule has 0 bridgehead atoms. The highest BCUT2D eigenvalue weighted by molar-refractivity contribution is 5.79. The number of hydrogen-bond acceptors (Lipinski definition) is 5. The molecule has 0 aliphatic heterocycles. The summed E-state index contributed by atoms with van der Waals surface area (Å²) in [5, 5.41) is 9.72. The molecule has 0 aromatic carbocycles. The van der Waals surface area contributed by atoms with Crippen LogP contribution in [0.5, 0.6) is 0 Å². The molecule has 0 amide bonds. The van der Waals surface area contributed by atoms with Crippen LogP contribution in [0, 0.1) is 0 Å². The van der Waals surface area contributed by atoms with Crippen molar-refractivity contribution in [1.29, 1.82) is 0 Å². The molecule has 8 nitrogen and oxygen atoms in total. The third kappa shape index (κ3) is 7.37. The predicted octanol–water partition coefficient (Wildman–Crippen LogP) is -0.427. The monoisotopic (exact) mass is 269 g/mol. The number of aryl methyl sites for hydroxylation is 1. The molecule has 0 fully saturated rings. The lowest BCUT2D eigenvalue weighted by atomic mass is 10.3. The molecule has 0 unspecified atom stereocenters. The zero-order valence-electron chi connectivity index (χ0n) is 11.4. The second kappa shape index (κ2) is 10.3. The molecule has 0 aliphatic carbocycles. The van der Waals surface area contributed by atoms with Gasteiger partial charge in [-0.05, 0) is 19.8 Å². The van der Waals surface area contributed by atoms with Crippen LogP contribution in [0.4, 0.5) is 0 Å². The Morgan fingerprint density at radius 1 is 1.53 bits per heavy atom. The fourth-order valence-electron chi connectivity index (χ4n) is 1.47. The van der Waals surface area contributed by atoms with E-state index in [0.717, 1.165) is 44.8 Å². The Morgan fingerprint density at radius 2 is 2.42 bits per heavy atom. The number of ether oxygens (including phenoxy) is 1. The Balaban J connectivity index is 2.09. The lowest BCUT2D eigenvalue weighted by Crippen LogP contribution is -2.42. The van der Waals surface area contributed by atoms with Crippen molar-refractivity contribution in [2.75, 3.05) is 26.3 Å². The van der Waals surface area contributed by atoms with Crippen molar-refractivity contribution in [2.45, 2.75) is 26.2 Å². The van der Waals surface area contributed by atoms with Gasteiger partial charge in [0.05, 0.1) is 0 Å². The summed E-state index contributed by atoms with van der Waals surface area (Å²) >= 11 is 0. The van der Waals surface area contributed by atoms with Crippen LogP contribution in [0.1, 0.15) is 25.6 Å². The molecule has 1 heterocycles. The van der Waals surface area contributed by atoms with Crippen molar-refractivity contribution in [3.8, 4) is 0 Å². The number of rotatable bonds is 9. The fraction of sp³-hybridized carbons (Fsp3) is 0.727. The second-order valence-corrected chi connectivity index (χ2v) is 3.89. The smallest absolute Gasteiger partial charge is 0.205 e. The zero-order valence-corrected chi connectivity index (χ0v) is 11.4. The van der Waals surface area contributed by atoms with Crippen molar-refractivity contribution in [3.05, 3.63) is 12.2 Å². The number of guanidine groups is 1. The van der Waals surface area contributed by atoms with Crippen LogP contribution in [0.3, 0.4) is 0 Å². The maximum absolute atomic E-state index is 5.39. The van der Waals surface area contributed by atoms with E-state index in [1.165, 1.54) is 6.33 Å². The van der Waals surface area contributed by atoms with Crippen LogP contribution < -0.4 is 16.6 Å². The third-order valence-corrected chi connectivity index (χ3v) is 2.41. The normalized spacial score (nSPS) is 11.6. The van der Waals surface area contributed by atoms with E-state index >= 15 is 0 Å². The SMILES string of the molecule is CCOCCCNC(=NCCCc1ncn[nH]1)NN. The van der Waals surface area contributed by atoms with Crippen LogP contribution in [0.2, 0.25) is 0 Å². The molecular weight excluding hydrogens is 246 g/mol. The van der Waals surface area contributed by atoms with Crippen molar-refractivity contribution >= 4 is 5.96 Å². The van der Waals surface area contributed by atoms with Gasteiger partial charge in [-0.2, -0.15) is 5.10 Å².